The maximum Gasteiger partial charge on any atom is 0.303 e. The number of aromatic hydroxyl groups is 1. The van der Waals surface area contributed by atoms with Gasteiger partial charge in [0, 0.05) is 34.8 Å². The maximum atomic E-state index is 10.6. The summed E-state index contributed by atoms with van der Waals surface area (Å²) in [7, 11) is 0. The number of rotatable bonds is 5. The Morgan fingerprint density at radius 1 is 1.46 bits per heavy atom. The number of fused-ring (bicyclic) bond motifs is 1. The summed E-state index contributed by atoms with van der Waals surface area (Å²) >= 11 is 10.0. The first-order valence-electron chi connectivity index (χ1n) is 7.16. The third-order valence-corrected chi connectivity index (χ3v) is 5.44. The molecule has 2 aromatic rings. The molecule has 0 bridgehead atoms. The molecular weight excluding hydrogens is 412 g/mol. The summed E-state index contributed by atoms with van der Waals surface area (Å²) in [5.41, 5.74) is 2.77. The molecule has 0 spiro atoms. The number of allylic oxidation sites excluding steroid dienone is 1. The zero-order valence-corrected chi connectivity index (χ0v) is 15.6. The Kier molecular flexibility index (Phi) is 4.98. The number of thiazole rings is 1. The van der Waals surface area contributed by atoms with Crippen LogP contribution in [0.1, 0.15) is 23.3 Å². The fraction of sp³-hybridized carbons (Fsp3) is 0.188. The van der Waals surface area contributed by atoms with Gasteiger partial charge >= 0.3 is 5.97 Å². The molecule has 24 heavy (non-hydrogen) atoms. The minimum absolute atomic E-state index is 0.0432. The molecule has 0 radical (unpaired) electrons. The van der Waals surface area contributed by atoms with Crippen molar-refractivity contribution in [2.45, 2.75) is 19.4 Å². The molecule has 1 aliphatic heterocycles. The number of aliphatic carboxylic acids is 1. The van der Waals surface area contributed by atoms with E-state index in [-0.39, 0.29) is 12.3 Å². The van der Waals surface area contributed by atoms with E-state index < -0.39 is 5.97 Å². The lowest BCUT2D eigenvalue weighted by Gasteiger charge is -2.03. The van der Waals surface area contributed by atoms with Crippen molar-refractivity contribution >= 4 is 69.0 Å². The number of benzene rings is 1. The van der Waals surface area contributed by atoms with Crippen LogP contribution >= 0.6 is 39.5 Å². The Bertz CT molecular complexity index is 928. The van der Waals surface area contributed by atoms with Gasteiger partial charge in [-0.1, -0.05) is 15.9 Å². The number of carboxylic acids is 1. The number of hydrogen-bond acceptors (Lipinski definition) is 5. The van der Waals surface area contributed by atoms with Crippen molar-refractivity contribution in [1.29, 1.82) is 0 Å². The molecule has 1 aromatic carbocycles. The van der Waals surface area contributed by atoms with Crippen LogP contribution in [-0.2, 0) is 11.3 Å². The van der Waals surface area contributed by atoms with Crippen LogP contribution < -0.4 is 0 Å². The standard InChI is InChI=1S/C16H13BrN2O3S2/c17-10-3-4-12-11(7-10)9(8-18-12)6-13-15(22)19(16(23)24-13)5-1-2-14(20)21/h3-4,6-8,22H,1-2,5H2,(H,20,21). The quantitative estimate of drug-likeness (QED) is 0.671. The summed E-state index contributed by atoms with van der Waals surface area (Å²) in [6.45, 7) is 0.382. The summed E-state index contributed by atoms with van der Waals surface area (Å²) in [6, 6.07) is 5.84. The first kappa shape index (κ1) is 17.1. The normalized spacial score (nSPS) is 14.3. The highest BCUT2D eigenvalue weighted by atomic mass is 79.9. The highest BCUT2D eigenvalue weighted by molar-refractivity contribution is 9.10. The van der Waals surface area contributed by atoms with Gasteiger partial charge < -0.3 is 10.2 Å². The summed E-state index contributed by atoms with van der Waals surface area (Å²) in [5, 5.41) is 19.1. The first-order chi connectivity index (χ1) is 11.5. The zero-order valence-electron chi connectivity index (χ0n) is 12.4. The van der Waals surface area contributed by atoms with Gasteiger partial charge in [0.25, 0.3) is 0 Å². The first-order valence-corrected chi connectivity index (χ1v) is 9.17. The summed E-state index contributed by atoms with van der Waals surface area (Å²) in [6.07, 6.45) is 4.07. The van der Waals surface area contributed by atoms with Crippen LogP contribution in [0.2, 0.25) is 0 Å². The number of halogens is 1. The van der Waals surface area contributed by atoms with Crippen LogP contribution in [-0.4, -0.2) is 27.0 Å². The van der Waals surface area contributed by atoms with E-state index in [0.717, 1.165) is 21.3 Å². The molecule has 0 amide bonds. The van der Waals surface area contributed by atoms with E-state index >= 15 is 0 Å². The van der Waals surface area contributed by atoms with Gasteiger partial charge in [-0.25, -0.2) is 0 Å². The van der Waals surface area contributed by atoms with E-state index in [1.165, 1.54) is 11.3 Å². The molecule has 5 nitrogen and oxygen atoms in total. The molecule has 0 unspecified atom stereocenters. The van der Waals surface area contributed by atoms with Crippen molar-refractivity contribution in [2.75, 3.05) is 0 Å². The minimum Gasteiger partial charge on any atom is -0.493 e. The van der Waals surface area contributed by atoms with Gasteiger partial charge in [0.05, 0.1) is 10.6 Å². The third-order valence-electron chi connectivity index (χ3n) is 3.56. The van der Waals surface area contributed by atoms with Crippen molar-refractivity contribution in [2.24, 2.45) is 4.99 Å². The average molecular weight is 425 g/mol. The molecule has 0 saturated carbocycles. The van der Waals surface area contributed by atoms with Crippen molar-refractivity contribution < 1.29 is 15.0 Å². The van der Waals surface area contributed by atoms with Gasteiger partial charge in [0.15, 0.2) is 3.95 Å². The second-order valence-corrected chi connectivity index (χ2v) is 7.82. The lowest BCUT2D eigenvalue weighted by Crippen LogP contribution is -2.01. The van der Waals surface area contributed by atoms with E-state index in [1.54, 1.807) is 10.8 Å². The van der Waals surface area contributed by atoms with Gasteiger partial charge in [0.1, 0.15) is 0 Å². The Balaban J connectivity index is 1.90. The number of carbonyl (C=O) groups is 1. The Labute approximate surface area is 155 Å². The molecule has 0 atom stereocenters. The Morgan fingerprint density at radius 3 is 3.00 bits per heavy atom. The number of carboxylic acid groups (broad SMARTS) is 1. The number of hydrogen-bond donors (Lipinski definition) is 2. The Morgan fingerprint density at radius 2 is 2.25 bits per heavy atom. The number of aromatic nitrogens is 1. The second kappa shape index (κ2) is 7.00. The van der Waals surface area contributed by atoms with E-state index in [0.29, 0.717) is 21.8 Å². The predicted octanol–water partition coefficient (Wildman–Crippen LogP) is 4.87. The van der Waals surface area contributed by atoms with Crippen molar-refractivity contribution in [3.63, 3.8) is 0 Å². The molecule has 0 aliphatic carbocycles. The van der Waals surface area contributed by atoms with Crippen molar-refractivity contribution in [3.8, 4) is 5.88 Å². The molecule has 3 rings (SSSR count). The molecular formula is C16H13BrN2O3S2. The minimum atomic E-state index is -0.858. The SMILES string of the molecule is O=C(O)CCCn1c(O)c(C=C2C=Nc3ccc(Br)cc32)sc1=S. The van der Waals surface area contributed by atoms with E-state index in [9.17, 15) is 9.90 Å². The summed E-state index contributed by atoms with van der Waals surface area (Å²) in [5.74, 6) is -0.789. The van der Waals surface area contributed by atoms with E-state index in [1.807, 2.05) is 24.3 Å². The number of aliphatic imine (C=N–C) groups is 1. The summed E-state index contributed by atoms with van der Waals surface area (Å²) < 4.78 is 3.05. The van der Waals surface area contributed by atoms with Crippen LogP contribution in [0.15, 0.2) is 27.7 Å². The molecule has 1 aliphatic rings. The second-order valence-electron chi connectivity index (χ2n) is 5.22. The Hall–Kier alpha value is -1.77. The monoisotopic (exact) mass is 424 g/mol. The third kappa shape index (κ3) is 3.50. The van der Waals surface area contributed by atoms with Crippen LogP contribution in [0, 0.1) is 3.95 Å². The topological polar surface area (TPSA) is 74.8 Å². The molecule has 8 heteroatoms. The van der Waals surface area contributed by atoms with Crippen LogP contribution in [0.5, 0.6) is 5.88 Å². The van der Waals surface area contributed by atoms with Crippen molar-refractivity contribution in [3.05, 3.63) is 37.1 Å². The highest BCUT2D eigenvalue weighted by Crippen LogP contribution is 2.37. The maximum absolute atomic E-state index is 10.6. The fourth-order valence-corrected chi connectivity index (χ4v) is 4.08. The van der Waals surface area contributed by atoms with Gasteiger partial charge in [-0.05, 0) is 42.9 Å². The van der Waals surface area contributed by atoms with Gasteiger partial charge in [-0.15, -0.1) is 11.3 Å². The lowest BCUT2D eigenvalue weighted by atomic mass is 10.1. The van der Waals surface area contributed by atoms with E-state index in [4.69, 9.17) is 17.3 Å². The molecule has 1 aromatic heterocycles. The molecule has 124 valence electrons. The summed E-state index contributed by atoms with van der Waals surface area (Å²) in [4.78, 5) is 15.6. The van der Waals surface area contributed by atoms with Crippen LogP contribution in [0.4, 0.5) is 5.69 Å². The van der Waals surface area contributed by atoms with Gasteiger partial charge in [-0.2, -0.15) is 0 Å². The average Bonchev–Trinajstić information content (AvgIpc) is 3.03. The van der Waals surface area contributed by atoms with Gasteiger partial charge in [-0.3, -0.25) is 14.4 Å². The van der Waals surface area contributed by atoms with Crippen LogP contribution in [0.25, 0.3) is 11.6 Å². The smallest absolute Gasteiger partial charge is 0.303 e. The molecule has 2 N–H and O–H groups in total. The number of nitrogens with zero attached hydrogens (tertiary/aromatic N) is 2. The molecule has 0 saturated heterocycles. The zero-order chi connectivity index (χ0) is 17.3. The van der Waals surface area contributed by atoms with Crippen LogP contribution in [0.3, 0.4) is 0 Å². The van der Waals surface area contributed by atoms with Gasteiger partial charge in [0.2, 0.25) is 5.88 Å². The predicted molar refractivity (Wildman–Crippen MR) is 102 cm³/mol. The highest BCUT2D eigenvalue weighted by Gasteiger charge is 2.16. The fourth-order valence-electron chi connectivity index (χ4n) is 2.41. The van der Waals surface area contributed by atoms with Crippen molar-refractivity contribution in [1.82, 2.24) is 4.57 Å². The largest absolute Gasteiger partial charge is 0.493 e. The lowest BCUT2D eigenvalue weighted by molar-refractivity contribution is -0.137. The van der Waals surface area contributed by atoms with E-state index in [2.05, 4.69) is 20.9 Å². The molecule has 2 heterocycles. The molecule has 0 fully saturated rings.